The fraction of sp³-hybridized carbons (Fsp3) is 0.500. The van der Waals surface area contributed by atoms with Gasteiger partial charge in [0.1, 0.15) is 11.6 Å². The summed E-state index contributed by atoms with van der Waals surface area (Å²) in [7, 11) is 1.50. The predicted octanol–water partition coefficient (Wildman–Crippen LogP) is 2.73. The Morgan fingerprint density at radius 1 is 1.55 bits per heavy atom. The van der Waals surface area contributed by atoms with Crippen molar-refractivity contribution in [1.29, 1.82) is 0 Å². The van der Waals surface area contributed by atoms with Crippen LogP contribution in [0.3, 0.4) is 0 Å². The first kappa shape index (κ1) is 16.7. The molecule has 1 amide bonds. The predicted molar refractivity (Wildman–Crippen MR) is 79.1 cm³/mol. The first-order chi connectivity index (χ1) is 9.11. The van der Waals surface area contributed by atoms with E-state index in [1.54, 1.807) is 0 Å². The van der Waals surface area contributed by atoms with Gasteiger partial charge >= 0.3 is 0 Å². The zero-order chi connectivity index (χ0) is 13.9. The summed E-state index contributed by atoms with van der Waals surface area (Å²) < 4.78 is 18.7. The van der Waals surface area contributed by atoms with Gasteiger partial charge in [-0.2, -0.15) is 0 Å². The normalized spacial score (nSPS) is 21.1. The minimum absolute atomic E-state index is 0. The van der Waals surface area contributed by atoms with Crippen LogP contribution in [-0.2, 0) is 4.79 Å². The van der Waals surface area contributed by atoms with E-state index in [-0.39, 0.29) is 24.0 Å². The van der Waals surface area contributed by atoms with Gasteiger partial charge in [-0.3, -0.25) is 4.79 Å². The van der Waals surface area contributed by atoms with Crippen molar-refractivity contribution in [1.82, 2.24) is 5.32 Å². The summed E-state index contributed by atoms with van der Waals surface area (Å²) in [5.74, 6) is -0.125. The second-order valence-corrected chi connectivity index (χ2v) is 4.77. The number of amides is 1. The lowest BCUT2D eigenvalue weighted by Crippen LogP contribution is -2.50. The molecule has 0 aromatic heterocycles. The molecule has 1 unspecified atom stereocenters. The Bertz CT molecular complexity index is 476. The molecule has 0 aliphatic carbocycles. The van der Waals surface area contributed by atoms with Crippen LogP contribution in [0.2, 0.25) is 0 Å². The van der Waals surface area contributed by atoms with Crippen molar-refractivity contribution in [3.8, 4) is 5.75 Å². The zero-order valence-electron chi connectivity index (χ0n) is 11.7. The largest absolute Gasteiger partial charge is 0.497 e. The fourth-order valence-electron chi connectivity index (χ4n) is 2.43. The van der Waals surface area contributed by atoms with Gasteiger partial charge in [0.25, 0.3) is 0 Å². The molecule has 2 rings (SSSR count). The van der Waals surface area contributed by atoms with E-state index in [0.29, 0.717) is 12.2 Å². The number of carbonyl (C=O) groups excluding carboxylic acids is 1. The summed E-state index contributed by atoms with van der Waals surface area (Å²) in [6.07, 6.45) is 2.42. The number of carbonyl (C=O) groups is 1. The molecular formula is C14H20ClFN2O2. The van der Waals surface area contributed by atoms with Gasteiger partial charge in [0.15, 0.2) is 0 Å². The highest BCUT2D eigenvalue weighted by atomic mass is 35.5. The molecule has 1 aromatic rings. The van der Waals surface area contributed by atoms with E-state index >= 15 is 0 Å². The lowest BCUT2D eigenvalue weighted by molar-refractivity contribution is -0.122. The van der Waals surface area contributed by atoms with Crippen molar-refractivity contribution in [3.05, 3.63) is 24.0 Å². The third kappa shape index (κ3) is 3.22. The summed E-state index contributed by atoms with van der Waals surface area (Å²) in [5.41, 5.74) is -0.416. The summed E-state index contributed by atoms with van der Waals surface area (Å²) >= 11 is 0. The molecule has 1 saturated heterocycles. The number of rotatable bonds is 4. The van der Waals surface area contributed by atoms with Crippen LogP contribution in [0.15, 0.2) is 18.2 Å². The topological polar surface area (TPSA) is 50.4 Å². The first-order valence-electron chi connectivity index (χ1n) is 6.51. The second-order valence-electron chi connectivity index (χ2n) is 4.77. The maximum atomic E-state index is 13.7. The summed E-state index contributed by atoms with van der Waals surface area (Å²) in [6.45, 7) is 2.78. The van der Waals surface area contributed by atoms with Gasteiger partial charge in [-0.15, -0.1) is 12.4 Å². The van der Waals surface area contributed by atoms with Gasteiger partial charge in [-0.1, -0.05) is 6.92 Å². The number of anilines is 1. The van der Waals surface area contributed by atoms with Crippen LogP contribution >= 0.6 is 12.4 Å². The molecule has 6 heteroatoms. The molecule has 1 aromatic carbocycles. The standard InChI is InChI=1S/C14H19FN2O2.ClH/c1-3-14(7-4-8-16-14)13(18)17-12-9-10(19-2)5-6-11(12)15;/h5-6,9,16H,3-4,7-8H2,1-2H3,(H,17,18);1H. The van der Waals surface area contributed by atoms with Crippen molar-refractivity contribution in [2.75, 3.05) is 19.0 Å². The van der Waals surface area contributed by atoms with E-state index in [0.717, 1.165) is 19.4 Å². The molecule has 20 heavy (non-hydrogen) atoms. The Morgan fingerprint density at radius 3 is 2.85 bits per heavy atom. The quantitative estimate of drug-likeness (QED) is 0.899. The first-order valence-corrected chi connectivity index (χ1v) is 6.51. The highest BCUT2D eigenvalue weighted by Crippen LogP contribution is 2.27. The highest BCUT2D eigenvalue weighted by molar-refractivity contribution is 5.98. The number of hydrogen-bond donors (Lipinski definition) is 2. The molecule has 112 valence electrons. The number of ether oxygens (including phenoxy) is 1. The van der Waals surface area contributed by atoms with E-state index in [4.69, 9.17) is 4.74 Å². The smallest absolute Gasteiger partial charge is 0.244 e. The van der Waals surface area contributed by atoms with Crippen molar-refractivity contribution in [2.45, 2.75) is 31.7 Å². The summed E-state index contributed by atoms with van der Waals surface area (Å²) in [6, 6.07) is 4.30. The van der Waals surface area contributed by atoms with Crippen LogP contribution in [0.1, 0.15) is 26.2 Å². The maximum Gasteiger partial charge on any atom is 0.244 e. The summed E-state index contributed by atoms with van der Waals surface area (Å²) in [5, 5.41) is 5.88. The van der Waals surface area contributed by atoms with Crippen LogP contribution in [0, 0.1) is 5.82 Å². The van der Waals surface area contributed by atoms with E-state index in [1.165, 1.54) is 25.3 Å². The number of benzene rings is 1. The van der Waals surface area contributed by atoms with Gasteiger partial charge in [0, 0.05) is 6.07 Å². The van der Waals surface area contributed by atoms with Crippen LogP contribution in [0.5, 0.6) is 5.75 Å². The third-order valence-corrected chi connectivity index (χ3v) is 3.70. The molecule has 0 radical (unpaired) electrons. The Morgan fingerprint density at radius 2 is 2.30 bits per heavy atom. The van der Waals surface area contributed by atoms with Gasteiger partial charge in [0.2, 0.25) is 5.91 Å². The monoisotopic (exact) mass is 302 g/mol. The average molecular weight is 303 g/mol. The molecule has 2 N–H and O–H groups in total. The molecular weight excluding hydrogens is 283 g/mol. The van der Waals surface area contributed by atoms with Crippen LogP contribution in [0.25, 0.3) is 0 Å². The molecule has 0 saturated carbocycles. The third-order valence-electron chi connectivity index (χ3n) is 3.70. The van der Waals surface area contributed by atoms with Crippen LogP contribution in [0.4, 0.5) is 10.1 Å². The van der Waals surface area contributed by atoms with Gasteiger partial charge in [-0.05, 0) is 37.9 Å². The van der Waals surface area contributed by atoms with Crippen LogP contribution in [-0.4, -0.2) is 25.1 Å². The van der Waals surface area contributed by atoms with Crippen LogP contribution < -0.4 is 15.4 Å². The lowest BCUT2D eigenvalue weighted by Gasteiger charge is -2.26. The zero-order valence-corrected chi connectivity index (χ0v) is 12.5. The summed E-state index contributed by atoms with van der Waals surface area (Å²) in [4.78, 5) is 12.3. The number of nitrogens with one attached hydrogen (secondary N) is 2. The fourth-order valence-corrected chi connectivity index (χ4v) is 2.43. The molecule has 4 nitrogen and oxygen atoms in total. The molecule has 1 aliphatic heterocycles. The minimum atomic E-state index is -0.574. The second kappa shape index (κ2) is 6.90. The van der Waals surface area contributed by atoms with Gasteiger partial charge in [-0.25, -0.2) is 4.39 Å². The highest BCUT2D eigenvalue weighted by Gasteiger charge is 2.39. The number of methoxy groups -OCH3 is 1. The molecule has 1 heterocycles. The van der Waals surface area contributed by atoms with E-state index < -0.39 is 11.4 Å². The maximum absolute atomic E-state index is 13.7. The van der Waals surface area contributed by atoms with Crippen molar-refractivity contribution in [3.63, 3.8) is 0 Å². The van der Waals surface area contributed by atoms with E-state index in [9.17, 15) is 9.18 Å². The molecule has 0 bridgehead atoms. The Labute approximate surface area is 124 Å². The minimum Gasteiger partial charge on any atom is -0.497 e. The van der Waals surface area contributed by atoms with Crippen molar-refractivity contribution < 1.29 is 13.9 Å². The molecule has 0 spiro atoms. The molecule has 1 fully saturated rings. The molecule has 1 aliphatic rings. The number of halogens is 2. The number of hydrogen-bond acceptors (Lipinski definition) is 3. The average Bonchev–Trinajstić information content (AvgIpc) is 2.91. The molecule has 1 atom stereocenters. The van der Waals surface area contributed by atoms with Crippen molar-refractivity contribution >= 4 is 24.0 Å². The Kier molecular flexibility index (Phi) is 5.77. The van der Waals surface area contributed by atoms with E-state index in [1.807, 2.05) is 6.92 Å². The Hall–Kier alpha value is -1.33. The lowest BCUT2D eigenvalue weighted by atomic mass is 9.93. The SMILES string of the molecule is CCC1(C(=O)Nc2cc(OC)ccc2F)CCCN1.Cl. The Balaban J connectivity index is 0.00000200. The van der Waals surface area contributed by atoms with Gasteiger partial charge in [0.05, 0.1) is 18.3 Å². The van der Waals surface area contributed by atoms with Gasteiger partial charge < -0.3 is 15.4 Å². The van der Waals surface area contributed by atoms with E-state index in [2.05, 4.69) is 10.6 Å². The van der Waals surface area contributed by atoms with Crippen molar-refractivity contribution in [2.24, 2.45) is 0 Å².